The van der Waals surface area contributed by atoms with Crippen LogP contribution in [0.2, 0.25) is 0 Å². The number of amides is 1. The zero-order chi connectivity index (χ0) is 16.8. The fraction of sp³-hybridized carbons (Fsp3) is 0.389. The number of carbonyl (C=O) groups is 1. The molecule has 1 aromatic heterocycles. The summed E-state index contributed by atoms with van der Waals surface area (Å²) in [6, 6.07) is 9.70. The van der Waals surface area contributed by atoms with E-state index in [1.807, 2.05) is 30.3 Å². The van der Waals surface area contributed by atoms with Crippen molar-refractivity contribution in [3.63, 3.8) is 0 Å². The van der Waals surface area contributed by atoms with Crippen molar-refractivity contribution >= 4 is 5.91 Å². The first-order chi connectivity index (χ1) is 11.7. The molecule has 1 fully saturated rings. The van der Waals surface area contributed by atoms with Crippen LogP contribution in [0.4, 0.5) is 0 Å². The zero-order valence-electron chi connectivity index (χ0n) is 13.5. The summed E-state index contributed by atoms with van der Waals surface area (Å²) in [7, 11) is 0. The quantitative estimate of drug-likeness (QED) is 0.756. The van der Waals surface area contributed by atoms with Crippen LogP contribution in [0.3, 0.4) is 0 Å². The van der Waals surface area contributed by atoms with Crippen LogP contribution in [0.15, 0.2) is 48.9 Å². The van der Waals surface area contributed by atoms with Crippen molar-refractivity contribution in [1.82, 2.24) is 20.6 Å². The SMILES string of the molecule is O=C(CCc1cnccn1)N[C@@]1(c2ccccc2)CCNC[C@H]1O. The highest BCUT2D eigenvalue weighted by molar-refractivity contribution is 5.77. The van der Waals surface area contributed by atoms with E-state index in [0.717, 1.165) is 17.8 Å². The van der Waals surface area contributed by atoms with Crippen molar-refractivity contribution in [2.75, 3.05) is 13.1 Å². The molecule has 1 amide bonds. The van der Waals surface area contributed by atoms with Gasteiger partial charge in [0.1, 0.15) is 0 Å². The number of β-amino-alcohol motifs (C(OH)–C–C–N with tert-alkyl or cyclic N) is 1. The number of rotatable bonds is 5. The largest absolute Gasteiger partial charge is 0.389 e. The number of aryl methyl sites for hydroxylation is 1. The van der Waals surface area contributed by atoms with Gasteiger partial charge < -0.3 is 15.7 Å². The maximum Gasteiger partial charge on any atom is 0.221 e. The number of nitrogens with zero attached hydrogens (tertiary/aromatic N) is 2. The van der Waals surface area contributed by atoms with Crippen molar-refractivity contribution in [2.45, 2.75) is 30.9 Å². The van der Waals surface area contributed by atoms with Crippen molar-refractivity contribution in [2.24, 2.45) is 0 Å². The third kappa shape index (κ3) is 3.60. The van der Waals surface area contributed by atoms with Gasteiger partial charge in [-0.05, 0) is 24.9 Å². The first-order valence-corrected chi connectivity index (χ1v) is 8.21. The van der Waals surface area contributed by atoms with E-state index < -0.39 is 11.6 Å². The molecule has 1 aliphatic rings. The normalized spacial score (nSPS) is 23.6. The molecule has 6 nitrogen and oxygen atoms in total. The topological polar surface area (TPSA) is 87.1 Å². The molecule has 24 heavy (non-hydrogen) atoms. The van der Waals surface area contributed by atoms with Gasteiger partial charge in [0.15, 0.2) is 0 Å². The Morgan fingerprint density at radius 2 is 2.17 bits per heavy atom. The summed E-state index contributed by atoms with van der Waals surface area (Å²) in [5.41, 5.74) is 0.977. The minimum Gasteiger partial charge on any atom is -0.389 e. The number of nitrogens with one attached hydrogen (secondary N) is 2. The molecule has 2 atom stereocenters. The molecule has 0 bridgehead atoms. The summed E-state index contributed by atoms with van der Waals surface area (Å²) in [6.45, 7) is 1.20. The molecule has 0 unspecified atom stereocenters. The van der Waals surface area contributed by atoms with Gasteiger partial charge in [-0.3, -0.25) is 14.8 Å². The number of aromatic nitrogens is 2. The van der Waals surface area contributed by atoms with Crippen molar-refractivity contribution in [3.8, 4) is 0 Å². The monoisotopic (exact) mass is 326 g/mol. The second-order valence-corrected chi connectivity index (χ2v) is 6.05. The van der Waals surface area contributed by atoms with Crippen LogP contribution in [0.25, 0.3) is 0 Å². The van der Waals surface area contributed by atoms with Gasteiger partial charge in [0.25, 0.3) is 0 Å². The summed E-state index contributed by atoms with van der Waals surface area (Å²) in [5, 5.41) is 16.9. The molecule has 0 radical (unpaired) electrons. The molecule has 1 aliphatic heterocycles. The highest BCUT2D eigenvalue weighted by Crippen LogP contribution is 2.31. The van der Waals surface area contributed by atoms with E-state index >= 15 is 0 Å². The summed E-state index contributed by atoms with van der Waals surface area (Å²) >= 11 is 0. The summed E-state index contributed by atoms with van der Waals surface area (Å²) in [6.07, 6.45) is 5.71. The Kier molecular flexibility index (Phi) is 5.17. The first kappa shape index (κ1) is 16.5. The summed E-state index contributed by atoms with van der Waals surface area (Å²) < 4.78 is 0. The Morgan fingerprint density at radius 1 is 1.33 bits per heavy atom. The van der Waals surface area contributed by atoms with Crippen molar-refractivity contribution < 1.29 is 9.90 Å². The van der Waals surface area contributed by atoms with E-state index in [4.69, 9.17) is 0 Å². The maximum absolute atomic E-state index is 12.5. The fourth-order valence-corrected chi connectivity index (χ4v) is 3.17. The van der Waals surface area contributed by atoms with Crippen LogP contribution in [0.5, 0.6) is 0 Å². The van der Waals surface area contributed by atoms with Crippen LogP contribution in [0, 0.1) is 0 Å². The Balaban J connectivity index is 1.73. The van der Waals surface area contributed by atoms with Gasteiger partial charge in [-0.2, -0.15) is 0 Å². The van der Waals surface area contributed by atoms with E-state index in [9.17, 15) is 9.90 Å². The molecule has 0 aliphatic carbocycles. The van der Waals surface area contributed by atoms with E-state index in [2.05, 4.69) is 20.6 Å². The molecule has 2 aromatic rings. The molecular weight excluding hydrogens is 304 g/mol. The van der Waals surface area contributed by atoms with Crippen LogP contribution >= 0.6 is 0 Å². The van der Waals surface area contributed by atoms with E-state index in [0.29, 0.717) is 25.8 Å². The number of aliphatic hydroxyl groups excluding tert-OH is 1. The van der Waals surface area contributed by atoms with Crippen molar-refractivity contribution in [1.29, 1.82) is 0 Å². The average molecular weight is 326 g/mol. The lowest BCUT2D eigenvalue weighted by molar-refractivity contribution is -0.125. The standard InChI is InChI=1S/C18H22N4O2/c23-16-13-19-9-8-18(16,14-4-2-1-3-5-14)22-17(24)7-6-15-12-20-10-11-21-15/h1-5,10-12,16,19,23H,6-9,13H2,(H,22,24)/t16-,18-/m1/s1. The van der Waals surface area contributed by atoms with Gasteiger partial charge in [-0.25, -0.2) is 0 Å². The molecule has 3 N–H and O–H groups in total. The van der Waals surface area contributed by atoms with E-state index in [1.54, 1.807) is 18.6 Å². The molecule has 2 heterocycles. The number of benzene rings is 1. The molecule has 126 valence electrons. The van der Waals surface area contributed by atoms with Gasteiger partial charge in [-0.1, -0.05) is 30.3 Å². The minimum atomic E-state index is -0.744. The van der Waals surface area contributed by atoms with Crippen LogP contribution in [0.1, 0.15) is 24.1 Å². The Morgan fingerprint density at radius 3 is 2.88 bits per heavy atom. The number of piperidine rings is 1. The second-order valence-electron chi connectivity index (χ2n) is 6.05. The highest BCUT2D eigenvalue weighted by Gasteiger charge is 2.42. The lowest BCUT2D eigenvalue weighted by Crippen LogP contribution is -2.61. The third-order valence-electron chi connectivity index (χ3n) is 4.48. The molecule has 1 saturated heterocycles. The molecule has 0 saturated carbocycles. The van der Waals surface area contributed by atoms with Gasteiger partial charge >= 0.3 is 0 Å². The smallest absolute Gasteiger partial charge is 0.221 e. The lowest BCUT2D eigenvalue weighted by Gasteiger charge is -2.43. The van der Waals surface area contributed by atoms with E-state index in [1.165, 1.54) is 0 Å². The second kappa shape index (κ2) is 7.51. The Bertz CT molecular complexity index is 665. The van der Waals surface area contributed by atoms with Crippen molar-refractivity contribution in [3.05, 3.63) is 60.2 Å². The van der Waals surface area contributed by atoms with Crippen LogP contribution in [-0.2, 0) is 16.8 Å². The molecule has 3 rings (SSSR count). The van der Waals surface area contributed by atoms with Gasteiger partial charge in [0.2, 0.25) is 5.91 Å². The number of carbonyl (C=O) groups excluding carboxylic acids is 1. The zero-order valence-corrected chi connectivity index (χ0v) is 13.5. The minimum absolute atomic E-state index is 0.0922. The first-order valence-electron chi connectivity index (χ1n) is 8.21. The number of hydrogen-bond donors (Lipinski definition) is 3. The molecule has 1 aromatic carbocycles. The van der Waals surface area contributed by atoms with Gasteiger partial charge in [0, 0.05) is 31.6 Å². The predicted octanol–water partition coefficient (Wildman–Crippen LogP) is 0.775. The molecule has 6 heteroatoms. The Labute approximate surface area is 141 Å². The summed E-state index contributed by atoms with van der Waals surface area (Å²) in [5.74, 6) is -0.0922. The van der Waals surface area contributed by atoms with Crippen LogP contribution < -0.4 is 10.6 Å². The van der Waals surface area contributed by atoms with E-state index in [-0.39, 0.29) is 5.91 Å². The highest BCUT2D eigenvalue weighted by atomic mass is 16.3. The maximum atomic E-state index is 12.5. The Hall–Kier alpha value is -2.31. The average Bonchev–Trinajstić information content (AvgIpc) is 2.64. The van der Waals surface area contributed by atoms with Gasteiger partial charge in [0.05, 0.1) is 17.3 Å². The molecule has 0 spiro atoms. The number of hydrogen-bond acceptors (Lipinski definition) is 5. The van der Waals surface area contributed by atoms with Crippen LogP contribution in [-0.4, -0.2) is 40.2 Å². The predicted molar refractivity (Wildman–Crippen MR) is 90.1 cm³/mol. The molecular formula is C18H22N4O2. The van der Waals surface area contributed by atoms with Gasteiger partial charge in [-0.15, -0.1) is 0 Å². The lowest BCUT2D eigenvalue weighted by atomic mass is 9.79. The third-order valence-corrected chi connectivity index (χ3v) is 4.48. The fourth-order valence-electron chi connectivity index (χ4n) is 3.17. The summed E-state index contributed by atoms with van der Waals surface area (Å²) in [4.78, 5) is 20.7. The number of aliphatic hydroxyl groups is 1.